The number of carbonyl (C=O) groups is 1. The van der Waals surface area contributed by atoms with Crippen LogP contribution in [-0.4, -0.2) is 24.4 Å². The highest BCUT2D eigenvalue weighted by Crippen LogP contribution is 2.01. The summed E-state index contributed by atoms with van der Waals surface area (Å²) in [6.07, 6.45) is 13.2. The van der Waals surface area contributed by atoms with Crippen molar-refractivity contribution >= 4 is 5.91 Å². The molecule has 0 N–H and O–H groups in total. The van der Waals surface area contributed by atoms with Gasteiger partial charge in [0.25, 0.3) is 0 Å². The highest BCUT2D eigenvalue weighted by atomic mass is 16.2. The van der Waals surface area contributed by atoms with Crippen molar-refractivity contribution in [2.45, 2.75) is 25.7 Å². The zero-order valence-corrected chi connectivity index (χ0v) is 8.05. The average molecular weight is 177 g/mol. The molecule has 0 rings (SSSR count). The maximum Gasteiger partial charge on any atom is 0.223 e. The predicted octanol–water partition coefficient (Wildman–Crippen LogP) is 1.27. The van der Waals surface area contributed by atoms with Gasteiger partial charge in [0.15, 0.2) is 0 Å². The zero-order chi connectivity index (χ0) is 10.1. The van der Waals surface area contributed by atoms with Crippen LogP contribution >= 0.6 is 0 Å². The molecular weight excluding hydrogens is 162 g/mol. The van der Waals surface area contributed by atoms with Crippen LogP contribution in [-0.2, 0) is 4.79 Å². The van der Waals surface area contributed by atoms with E-state index in [0.29, 0.717) is 13.0 Å². The van der Waals surface area contributed by atoms with E-state index in [1.165, 1.54) is 0 Å². The van der Waals surface area contributed by atoms with E-state index in [0.717, 1.165) is 19.3 Å². The summed E-state index contributed by atoms with van der Waals surface area (Å²) in [6, 6.07) is 0. The van der Waals surface area contributed by atoms with Crippen LogP contribution in [0.5, 0.6) is 0 Å². The lowest BCUT2D eigenvalue weighted by molar-refractivity contribution is -0.129. The maximum absolute atomic E-state index is 11.3. The first-order valence-electron chi connectivity index (χ1n) is 4.33. The van der Waals surface area contributed by atoms with E-state index in [4.69, 9.17) is 12.8 Å². The summed E-state index contributed by atoms with van der Waals surface area (Å²) >= 11 is 0. The summed E-state index contributed by atoms with van der Waals surface area (Å²) in [5.41, 5.74) is 0. The number of hydrogen-bond acceptors (Lipinski definition) is 1. The topological polar surface area (TPSA) is 20.3 Å². The Kier molecular flexibility index (Phi) is 6.46. The van der Waals surface area contributed by atoms with Crippen LogP contribution in [0.25, 0.3) is 0 Å². The van der Waals surface area contributed by atoms with Gasteiger partial charge in [0, 0.05) is 19.9 Å². The Morgan fingerprint density at radius 1 is 1.31 bits per heavy atom. The molecule has 0 heterocycles. The van der Waals surface area contributed by atoms with Crippen molar-refractivity contribution in [2.75, 3.05) is 13.6 Å². The van der Waals surface area contributed by atoms with Crippen LogP contribution in [0.15, 0.2) is 0 Å². The fourth-order valence-electron chi connectivity index (χ4n) is 0.919. The number of nitrogens with zero attached hydrogens (tertiary/aromatic N) is 1. The maximum atomic E-state index is 11.3. The minimum Gasteiger partial charge on any atom is -0.335 e. The monoisotopic (exact) mass is 177 g/mol. The molecule has 0 fully saturated rings. The summed E-state index contributed by atoms with van der Waals surface area (Å²) in [6.45, 7) is 0.383. The normalized spacial score (nSPS) is 8.54. The first kappa shape index (κ1) is 11.6. The number of hydrogen-bond donors (Lipinski definition) is 0. The van der Waals surface area contributed by atoms with Crippen LogP contribution in [0.3, 0.4) is 0 Å². The molecule has 0 bridgehead atoms. The first-order valence-corrected chi connectivity index (χ1v) is 4.33. The van der Waals surface area contributed by atoms with Gasteiger partial charge in [0.2, 0.25) is 5.91 Å². The molecule has 0 saturated heterocycles. The SMILES string of the molecule is C#CCCCCC(=O)N(C)CC#C. The van der Waals surface area contributed by atoms with Gasteiger partial charge >= 0.3 is 0 Å². The van der Waals surface area contributed by atoms with Crippen LogP contribution in [0, 0.1) is 24.7 Å². The molecule has 1 amide bonds. The zero-order valence-electron chi connectivity index (χ0n) is 8.05. The van der Waals surface area contributed by atoms with Crippen molar-refractivity contribution in [3.63, 3.8) is 0 Å². The lowest BCUT2D eigenvalue weighted by Gasteiger charge is -2.12. The minimum absolute atomic E-state index is 0.0926. The van der Waals surface area contributed by atoms with Crippen LogP contribution in [0.1, 0.15) is 25.7 Å². The lowest BCUT2D eigenvalue weighted by atomic mass is 10.2. The molecule has 0 unspecified atom stereocenters. The summed E-state index contributed by atoms with van der Waals surface area (Å²) in [7, 11) is 1.71. The van der Waals surface area contributed by atoms with Crippen molar-refractivity contribution in [1.29, 1.82) is 0 Å². The second kappa shape index (κ2) is 7.25. The molecule has 2 nitrogen and oxygen atoms in total. The molecule has 0 aliphatic carbocycles. The predicted molar refractivity (Wildman–Crippen MR) is 53.8 cm³/mol. The van der Waals surface area contributed by atoms with Gasteiger partial charge in [-0.1, -0.05) is 5.92 Å². The van der Waals surface area contributed by atoms with E-state index in [2.05, 4.69) is 11.8 Å². The Morgan fingerprint density at radius 2 is 2.00 bits per heavy atom. The van der Waals surface area contributed by atoms with Crippen LogP contribution in [0.4, 0.5) is 0 Å². The lowest BCUT2D eigenvalue weighted by Crippen LogP contribution is -2.26. The molecule has 13 heavy (non-hydrogen) atoms. The van der Waals surface area contributed by atoms with E-state index in [1.54, 1.807) is 11.9 Å². The molecule has 0 spiro atoms. The van der Waals surface area contributed by atoms with Gasteiger partial charge in [-0.15, -0.1) is 18.8 Å². The molecule has 0 aromatic rings. The molecule has 0 aromatic heterocycles. The van der Waals surface area contributed by atoms with Gasteiger partial charge in [0.05, 0.1) is 6.54 Å². The number of rotatable bonds is 5. The fourth-order valence-corrected chi connectivity index (χ4v) is 0.919. The Labute approximate surface area is 80.3 Å². The van der Waals surface area contributed by atoms with E-state index in [9.17, 15) is 4.79 Å². The Bertz CT molecular complexity index is 231. The molecular formula is C11H15NO. The molecule has 0 saturated carbocycles. The average Bonchev–Trinajstić information content (AvgIpc) is 2.12. The number of terminal acetylenes is 2. The van der Waals surface area contributed by atoms with Crippen molar-refractivity contribution in [3.05, 3.63) is 0 Å². The smallest absolute Gasteiger partial charge is 0.223 e. The third-order valence-corrected chi connectivity index (χ3v) is 1.72. The second-order valence-corrected chi connectivity index (χ2v) is 2.87. The van der Waals surface area contributed by atoms with Crippen LogP contribution < -0.4 is 0 Å². The van der Waals surface area contributed by atoms with Crippen molar-refractivity contribution < 1.29 is 4.79 Å². The summed E-state index contributed by atoms with van der Waals surface area (Å²) in [5, 5.41) is 0. The van der Waals surface area contributed by atoms with E-state index in [-0.39, 0.29) is 5.91 Å². The number of unbranched alkanes of at least 4 members (excludes halogenated alkanes) is 2. The van der Waals surface area contributed by atoms with Gasteiger partial charge in [-0.2, -0.15) is 0 Å². The van der Waals surface area contributed by atoms with E-state index < -0.39 is 0 Å². The minimum atomic E-state index is 0.0926. The molecule has 0 atom stereocenters. The Morgan fingerprint density at radius 3 is 2.54 bits per heavy atom. The third kappa shape index (κ3) is 5.82. The molecule has 70 valence electrons. The number of carbonyl (C=O) groups excluding carboxylic acids is 1. The van der Waals surface area contributed by atoms with Gasteiger partial charge < -0.3 is 4.90 Å². The summed E-state index contributed by atoms with van der Waals surface area (Å²) < 4.78 is 0. The number of amides is 1. The largest absolute Gasteiger partial charge is 0.335 e. The first-order chi connectivity index (χ1) is 6.22. The second-order valence-electron chi connectivity index (χ2n) is 2.87. The van der Waals surface area contributed by atoms with Gasteiger partial charge in [0.1, 0.15) is 0 Å². The van der Waals surface area contributed by atoms with Gasteiger partial charge in [-0.05, 0) is 12.8 Å². The van der Waals surface area contributed by atoms with Crippen molar-refractivity contribution in [1.82, 2.24) is 4.90 Å². The Balaban J connectivity index is 3.52. The molecule has 0 radical (unpaired) electrons. The van der Waals surface area contributed by atoms with E-state index in [1.807, 2.05) is 0 Å². The fraction of sp³-hybridized carbons (Fsp3) is 0.545. The quantitative estimate of drug-likeness (QED) is 0.457. The van der Waals surface area contributed by atoms with Crippen molar-refractivity contribution in [2.24, 2.45) is 0 Å². The van der Waals surface area contributed by atoms with Gasteiger partial charge in [-0.25, -0.2) is 0 Å². The van der Waals surface area contributed by atoms with E-state index >= 15 is 0 Å². The van der Waals surface area contributed by atoms with Crippen molar-refractivity contribution in [3.8, 4) is 24.7 Å². The van der Waals surface area contributed by atoms with Crippen LogP contribution in [0.2, 0.25) is 0 Å². The highest BCUT2D eigenvalue weighted by molar-refractivity contribution is 5.76. The van der Waals surface area contributed by atoms with Gasteiger partial charge in [-0.3, -0.25) is 4.79 Å². The molecule has 0 aliphatic rings. The summed E-state index contributed by atoms with van der Waals surface area (Å²) in [5.74, 6) is 5.05. The highest BCUT2D eigenvalue weighted by Gasteiger charge is 2.05. The molecule has 2 heteroatoms. The molecule has 0 aliphatic heterocycles. The summed E-state index contributed by atoms with van der Waals surface area (Å²) in [4.78, 5) is 12.8. The standard InChI is InChI=1S/C11H15NO/c1-4-6-7-8-9-11(13)12(3)10-5-2/h1-2H,6-10H2,3H3. The molecule has 0 aromatic carbocycles. The Hall–Kier alpha value is -1.41. The third-order valence-electron chi connectivity index (χ3n) is 1.72.